The maximum atomic E-state index is 12.2. The quantitative estimate of drug-likeness (QED) is 0.909. The zero-order valence-corrected chi connectivity index (χ0v) is 9.90. The number of hydrogen-bond donors (Lipinski definition) is 1. The van der Waals surface area contributed by atoms with E-state index in [2.05, 4.69) is 5.32 Å². The molecule has 0 bridgehead atoms. The molecule has 0 spiro atoms. The van der Waals surface area contributed by atoms with Crippen LogP contribution in [0.5, 0.6) is 0 Å². The van der Waals surface area contributed by atoms with Gasteiger partial charge in [-0.1, -0.05) is 0 Å². The van der Waals surface area contributed by atoms with E-state index in [4.69, 9.17) is 0 Å². The first kappa shape index (κ1) is 13.8. The zero-order valence-electron chi connectivity index (χ0n) is 9.08. The van der Waals surface area contributed by atoms with Gasteiger partial charge in [0.1, 0.15) is 9.84 Å². The van der Waals surface area contributed by atoms with Gasteiger partial charge in [-0.3, -0.25) is 0 Å². The minimum absolute atomic E-state index is 0.0615. The van der Waals surface area contributed by atoms with Gasteiger partial charge in [0.2, 0.25) is 0 Å². The van der Waals surface area contributed by atoms with Gasteiger partial charge >= 0.3 is 6.18 Å². The third-order valence-electron chi connectivity index (χ3n) is 2.01. The molecule has 0 unspecified atom stereocenters. The van der Waals surface area contributed by atoms with Crippen LogP contribution in [0.2, 0.25) is 0 Å². The van der Waals surface area contributed by atoms with E-state index in [0.29, 0.717) is 5.69 Å². The van der Waals surface area contributed by atoms with Crippen molar-refractivity contribution in [2.24, 2.45) is 0 Å². The smallest absolute Gasteiger partial charge is 0.384 e. The zero-order chi connectivity index (χ0) is 13.1. The molecular formula is C10H12F3NO2S. The Hall–Kier alpha value is -1.24. The number of anilines is 1. The second kappa shape index (κ2) is 4.95. The number of rotatable bonds is 4. The van der Waals surface area contributed by atoms with Gasteiger partial charge in [-0.2, -0.15) is 13.2 Å². The number of nitrogens with one attached hydrogen (secondary N) is 1. The van der Waals surface area contributed by atoms with Crippen molar-refractivity contribution in [3.63, 3.8) is 0 Å². The molecule has 0 amide bonds. The fourth-order valence-corrected chi connectivity index (χ4v) is 1.63. The van der Waals surface area contributed by atoms with Crippen LogP contribution in [0.3, 0.4) is 0 Å². The lowest BCUT2D eigenvalue weighted by Crippen LogP contribution is -2.14. The molecule has 1 rings (SSSR count). The number of benzene rings is 1. The lowest BCUT2D eigenvalue weighted by molar-refractivity contribution is -0.137. The van der Waals surface area contributed by atoms with Crippen molar-refractivity contribution in [1.82, 2.24) is 0 Å². The minimum atomic E-state index is -4.36. The molecule has 1 aromatic carbocycles. The minimum Gasteiger partial charge on any atom is -0.384 e. The summed E-state index contributed by atoms with van der Waals surface area (Å²) in [6.45, 7) is 0.171. The Kier molecular flexibility index (Phi) is 4.03. The highest BCUT2D eigenvalue weighted by molar-refractivity contribution is 7.90. The summed E-state index contributed by atoms with van der Waals surface area (Å²) >= 11 is 0. The Morgan fingerprint density at radius 3 is 2.12 bits per heavy atom. The van der Waals surface area contributed by atoms with E-state index in [1.54, 1.807) is 0 Å². The fourth-order valence-electron chi connectivity index (χ4n) is 1.16. The van der Waals surface area contributed by atoms with Gasteiger partial charge in [0.25, 0.3) is 0 Å². The number of sulfone groups is 1. The average Bonchev–Trinajstić information content (AvgIpc) is 2.15. The van der Waals surface area contributed by atoms with E-state index in [9.17, 15) is 21.6 Å². The molecule has 7 heteroatoms. The van der Waals surface area contributed by atoms with Crippen LogP contribution in [0.15, 0.2) is 24.3 Å². The molecule has 0 heterocycles. The van der Waals surface area contributed by atoms with Crippen LogP contribution in [0.4, 0.5) is 18.9 Å². The third kappa shape index (κ3) is 5.08. The van der Waals surface area contributed by atoms with E-state index < -0.39 is 21.6 Å². The van der Waals surface area contributed by atoms with Crippen LogP contribution >= 0.6 is 0 Å². The summed E-state index contributed by atoms with van der Waals surface area (Å²) < 4.78 is 58.3. The molecule has 0 saturated carbocycles. The first-order valence-corrected chi connectivity index (χ1v) is 6.83. The van der Waals surface area contributed by atoms with Crippen LogP contribution in [0, 0.1) is 0 Å². The second-order valence-electron chi connectivity index (χ2n) is 3.63. The van der Waals surface area contributed by atoms with Crippen LogP contribution in [-0.4, -0.2) is 27.0 Å². The average molecular weight is 267 g/mol. The van der Waals surface area contributed by atoms with Gasteiger partial charge in [0.05, 0.1) is 11.3 Å². The van der Waals surface area contributed by atoms with Crippen LogP contribution in [-0.2, 0) is 16.0 Å². The molecule has 0 saturated heterocycles. The largest absolute Gasteiger partial charge is 0.416 e. The molecule has 96 valence electrons. The van der Waals surface area contributed by atoms with Crippen LogP contribution in [0.1, 0.15) is 5.56 Å². The normalized spacial score (nSPS) is 12.5. The summed E-state index contributed by atoms with van der Waals surface area (Å²) in [5.74, 6) is -0.0615. The van der Waals surface area contributed by atoms with Crippen molar-refractivity contribution in [2.45, 2.75) is 6.18 Å². The first-order chi connectivity index (χ1) is 7.68. The number of alkyl halides is 3. The highest BCUT2D eigenvalue weighted by Crippen LogP contribution is 2.29. The Bertz CT molecular complexity index is 465. The third-order valence-corrected chi connectivity index (χ3v) is 2.96. The van der Waals surface area contributed by atoms with Gasteiger partial charge in [-0.05, 0) is 24.3 Å². The lowest BCUT2D eigenvalue weighted by atomic mass is 10.2. The van der Waals surface area contributed by atoms with Gasteiger partial charge in [-0.15, -0.1) is 0 Å². The van der Waals surface area contributed by atoms with E-state index in [1.165, 1.54) is 12.1 Å². The molecule has 0 radical (unpaired) electrons. The van der Waals surface area contributed by atoms with Crippen molar-refractivity contribution in [1.29, 1.82) is 0 Å². The summed E-state index contributed by atoms with van der Waals surface area (Å²) in [5, 5.41) is 2.73. The molecular weight excluding hydrogens is 255 g/mol. The molecule has 0 aromatic heterocycles. The lowest BCUT2D eigenvalue weighted by Gasteiger charge is -2.09. The highest BCUT2D eigenvalue weighted by Gasteiger charge is 2.29. The van der Waals surface area contributed by atoms with Gasteiger partial charge < -0.3 is 5.32 Å². The van der Waals surface area contributed by atoms with E-state index in [-0.39, 0.29) is 12.3 Å². The Balaban J connectivity index is 2.58. The van der Waals surface area contributed by atoms with Gasteiger partial charge in [-0.25, -0.2) is 8.42 Å². The van der Waals surface area contributed by atoms with Crippen molar-refractivity contribution < 1.29 is 21.6 Å². The molecule has 1 N–H and O–H groups in total. The van der Waals surface area contributed by atoms with E-state index in [1.807, 2.05) is 0 Å². The molecule has 0 aliphatic carbocycles. The Morgan fingerprint density at radius 1 is 1.18 bits per heavy atom. The number of hydrogen-bond acceptors (Lipinski definition) is 3. The first-order valence-electron chi connectivity index (χ1n) is 4.77. The molecule has 0 fully saturated rings. The van der Waals surface area contributed by atoms with Crippen molar-refractivity contribution in [2.75, 3.05) is 23.9 Å². The van der Waals surface area contributed by atoms with Crippen LogP contribution < -0.4 is 5.32 Å². The standard InChI is InChI=1S/C10H12F3NO2S/c1-17(15,16)7-6-14-9-4-2-8(3-5-9)10(11,12)13/h2-5,14H,6-7H2,1H3. The monoisotopic (exact) mass is 267 g/mol. The molecule has 0 aliphatic heterocycles. The fraction of sp³-hybridized carbons (Fsp3) is 0.400. The van der Waals surface area contributed by atoms with E-state index in [0.717, 1.165) is 18.4 Å². The second-order valence-corrected chi connectivity index (χ2v) is 5.89. The molecule has 3 nitrogen and oxygen atoms in total. The molecule has 1 aromatic rings. The van der Waals surface area contributed by atoms with Crippen molar-refractivity contribution in [3.8, 4) is 0 Å². The van der Waals surface area contributed by atoms with E-state index >= 15 is 0 Å². The maximum absolute atomic E-state index is 12.2. The van der Waals surface area contributed by atoms with Crippen LogP contribution in [0.25, 0.3) is 0 Å². The summed E-state index contributed by atoms with van der Waals surface area (Å²) in [7, 11) is -3.07. The topological polar surface area (TPSA) is 46.2 Å². The predicted molar refractivity (Wildman–Crippen MR) is 59.6 cm³/mol. The highest BCUT2D eigenvalue weighted by atomic mass is 32.2. The number of halogens is 3. The summed E-state index contributed by atoms with van der Waals surface area (Å²) in [6.07, 6.45) is -3.26. The molecule has 0 aliphatic rings. The van der Waals surface area contributed by atoms with Crippen molar-refractivity contribution >= 4 is 15.5 Å². The van der Waals surface area contributed by atoms with Gasteiger partial charge in [0, 0.05) is 18.5 Å². The summed E-state index contributed by atoms with van der Waals surface area (Å²) in [4.78, 5) is 0. The Labute approximate surface area is 97.6 Å². The maximum Gasteiger partial charge on any atom is 0.416 e. The summed E-state index contributed by atoms with van der Waals surface area (Å²) in [6, 6.07) is 4.43. The molecule has 17 heavy (non-hydrogen) atoms. The van der Waals surface area contributed by atoms with Crippen molar-refractivity contribution in [3.05, 3.63) is 29.8 Å². The SMILES string of the molecule is CS(=O)(=O)CCNc1ccc(C(F)(F)F)cc1. The predicted octanol–water partition coefficient (Wildman–Crippen LogP) is 2.16. The molecule has 0 atom stereocenters. The Morgan fingerprint density at radius 2 is 1.71 bits per heavy atom. The summed E-state index contributed by atoms with van der Waals surface area (Å²) in [5.41, 5.74) is -0.271. The van der Waals surface area contributed by atoms with Gasteiger partial charge in [0.15, 0.2) is 0 Å².